The fourth-order valence-corrected chi connectivity index (χ4v) is 2.50. The Bertz CT molecular complexity index is 1010. The summed E-state index contributed by atoms with van der Waals surface area (Å²) in [6.45, 7) is -0.0898. The van der Waals surface area contributed by atoms with Crippen LogP contribution in [-0.2, 0) is 12.7 Å². The first-order valence-corrected chi connectivity index (χ1v) is 7.92. The van der Waals surface area contributed by atoms with Gasteiger partial charge in [-0.15, -0.1) is 0 Å². The summed E-state index contributed by atoms with van der Waals surface area (Å²) in [6.07, 6.45) is -1.56. The second kappa shape index (κ2) is 7.45. The predicted molar refractivity (Wildman–Crippen MR) is 93.4 cm³/mol. The van der Waals surface area contributed by atoms with Crippen LogP contribution in [0.15, 0.2) is 71.8 Å². The van der Waals surface area contributed by atoms with Gasteiger partial charge in [0, 0.05) is 12.4 Å². The molecule has 0 bridgehead atoms. The van der Waals surface area contributed by atoms with Gasteiger partial charge in [0.2, 0.25) is 0 Å². The zero-order valence-electron chi connectivity index (χ0n) is 13.9. The van der Waals surface area contributed by atoms with E-state index in [0.717, 1.165) is 12.1 Å². The third-order valence-electron chi connectivity index (χ3n) is 3.78. The van der Waals surface area contributed by atoms with Crippen molar-refractivity contribution < 1.29 is 18.0 Å². The van der Waals surface area contributed by atoms with E-state index in [1.54, 1.807) is 18.2 Å². The van der Waals surface area contributed by atoms with Crippen LogP contribution >= 0.6 is 0 Å². The Labute approximate surface area is 152 Å². The summed E-state index contributed by atoms with van der Waals surface area (Å²) in [6, 6.07) is 12.5. The molecule has 0 unspecified atom stereocenters. The van der Waals surface area contributed by atoms with E-state index in [1.807, 2.05) is 0 Å². The highest BCUT2D eigenvalue weighted by Gasteiger charge is 2.30. The smallest absolute Gasteiger partial charge is 0.310 e. The Morgan fingerprint density at radius 1 is 1.07 bits per heavy atom. The number of rotatable bonds is 4. The summed E-state index contributed by atoms with van der Waals surface area (Å²) in [5.74, 6) is -0.354. The van der Waals surface area contributed by atoms with Gasteiger partial charge in [0.1, 0.15) is 11.4 Å². The molecule has 3 aromatic rings. The van der Waals surface area contributed by atoms with Gasteiger partial charge in [0.25, 0.3) is 11.5 Å². The molecule has 0 radical (unpaired) electrons. The molecule has 2 heterocycles. The monoisotopic (exact) mass is 373 g/mol. The zero-order chi connectivity index (χ0) is 19.4. The number of alkyl halides is 3. The van der Waals surface area contributed by atoms with Gasteiger partial charge in [0.15, 0.2) is 0 Å². The lowest BCUT2D eigenvalue weighted by atomic mass is 10.1. The molecule has 1 aromatic carbocycles. The number of carbonyl (C=O) groups excluding carboxylic acids is 1. The zero-order valence-corrected chi connectivity index (χ0v) is 13.9. The average Bonchev–Trinajstić information content (AvgIpc) is 2.64. The summed E-state index contributed by atoms with van der Waals surface area (Å²) in [7, 11) is 0. The summed E-state index contributed by atoms with van der Waals surface area (Å²) >= 11 is 0. The second-order valence-electron chi connectivity index (χ2n) is 5.72. The molecule has 8 heteroatoms. The van der Waals surface area contributed by atoms with Crippen molar-refractivity contribution in [3.63, 3.8) is 0 Å². The molecule has 2 aromatic heterocycles. The summed E-state index contributed by atoms with van der Waals surface area (Å²) in [5, 5.41) is 2.51. The van der Waals surface area contributed by atoms with E-state index in [-0.39, 0.29) is 17.9 Å². The minimum atomic E-state index is -4.47. The SMILES string of the molecule is O=C(Nc1ccccn1)c1cccn(Cc2cccc(C(F)(F)F)c2)c1=O. The summed E-state index contributed by atoms with van der Waals surface area (Å²) in [4.78, 5) is 28.8. The molecule has 0 saturated carbocycles. The van der Waals surface area contributed by atoms with Crippen LogP contribution in [0, 0.1) is 0 Å². The fourth-order valence-electron chi connectivity index (χ4n) is 2.50. The largest absolute Gasteiger partial charge is 0.416 e. The van der Waals surface area contributed by atoms with E-state index >= 15 is 0 Å². The van der Waals surface area contributed by atoms with Crippen LogP contribution in [0.3, 0.4) is 0 Å². The fraction of sp³-hybridized carbons (Fsp3) is 0.105. The molecular weight excluding hydrogens is 359 g/mol. The number of nitrogens with zero attached hydrogens (tertiary/aromatic N) is 2. The Hall–Kier alpha value is -3.42. The maximum Gasteiger partial charge on any atom is 0.416 e. The van der Waals surface area contributed by atoms with Crippen LogP contribution in [0.2, 0.25) is 0 Å². The van der Waals surface area contributed by atoms with Crippen LogP contribution in [-0.4, -0.2) is 15.5 Å². The van der Waals surface area contributed by atoms with E-state index in [1.165, 1.54) is 41.2 Å². The number of nitrogens with one attached hydrogen (secondary N) is 1. The molecule has 1 amide bonds. The minimum absolute atomic E-state index is 0.0898. The van der Waals surface area contributed by atoms with Crippen molar-refractivity contribution in [2.24, 2.45) is 0 Å². The van der Waals surface area contributed by atoms with Crippen molar-refractivity contribution >= 4 is 11.7 Å². The third kappa shape index (κ3) is 4.41. The molecule has 0 aliphatic carbocycles. The summed E-state index contributed by atoms with van der Waals surface area (Å²) < 4.78 is 39.7. The van der Waals surface area contributed by atoms with Crippen LogP contribution in [0.25, 0.3) is 0 Å². The van der Waals surface area contributed by atoms with Crippen LogP contribution in [0.1, 0.15) is 21.5 Å². The molecule has 0 aliphatic rings. The number of halogens is 3. The maximum atomic E-state index is 12.8. The van der Waals surface area contributed by atoms with E-state index in [2.05, 4.69) is 10.3 Å². The highest BCUT2D eigenvalue weighted by atomic mass is 19.4. The van der Waals surface area contributed by atoms with Crippen molar-refractivity contribution in [2.45, 2.75) is 12.7 Å². The molecule has 1 N–H and O–H groups in total. The topological polar surface area (TPSA) is 64.0 Å². The van der Waals surface area contributed by atoms with Crippen LogP contribution in [0.5, 0.6) is 0 Å². The molecule has 3 rings (SSSR count). The van der Waals surface area contributed by atoms with Crippen molar-refractivity contribution in [3.8, 4) is 0 Å². The van der Waals surface area contributed by atoms with Crippen molar-refractivity contribution in [1.82, 2.24) is 9.55 Å². The number of hydrogen-bond acceptors (Lipinski definition) is 3. The van der Waals surface area contributed by atoms with E-state index in [0.29, 0.717) is 5.56 Å². The quantitative estimate of drug-likeness (QED) is 0.761. The minimum Gasteiger partial charge on any atom is -0.310 e. The average molecular weight is 373 g/mol. The number of aromatic nitrogens is 2. The first-order valence-electron chi connectivity index (χ1n) is 7.92. The Morgan fingerprint density at radius 3 is 2.59 bits per heavy atom. The molecule has 0 fully saturated rings. The Balaban J connectivity index is 1.85. The number of pyridine rings is 2. The van der Waals surface area contributed by atoms with Gasteiger partial charge in [-0.25, -0.2) is 4.98 Å². The second-order valence-corrected chi connectivity index (χ2v) is 5.72. The normalized spacial score (nSPS) is 11.2. The lowest BCUT2D eigenvalue weighted by Crippen LogP contribution is -2.29. The van der Waals surface area contributed by atoms with E-state index in [9.17, 15) is 22.8 Å². The highest BCUT2D eigenvalue weighted by Crippen LogP contribution is 2.29. The first kappa shape index (κ1) is 18.4. The molecule has 5 nitrogen and oxygen atoms in total. The van der Waals surface area contributed by atoms with Gasteiger partial charge in [0.05, 0.1) is 12.1 Å². The Kier molecular flexibility index (Phi) is 5.07. The van der Waals surface area contributed by atoms with Gasteiger partial charge in [-0.05, 0) is 42.0 Å². The molecule has 0 spiro atoms. The standard InChI is InChI=1S/C19H14F3N3O2/c20-19(21,22)14-6-3-5-13(11-14)12-25-10-4-7-15(18(25)27)17(26)24-16-8-1-2-9-23-16/h1-11H,12H2,(H,23,24,26). The molecule has 27 heavy (non-hydrogen) atoms. The van der Waals surface area contributed by atoms with E-state index in [4.69, 9.17) is 0 Å². The maximum absolute atomic E-state index is 12.8. The summed E-state index contributed by atoms with van der Waals surface area (Å²) in [5.41, 5.74) is -1.23. The lowest BCUT2D eigenvalue weighted by molar-refractivity contribution is -0.137. The number of benzene rings is 1. The molecule has 0 atom stereocenters. The van der Waals surface area contributed by atoms with Gasteiger partial charge >= 0.3 is 6.18 Å². The highest BCUT2D eigenvalue weighted by molar-refractivity contribution is 6.03. The Morgan fingerprint density at radius 2 is 1.89 bits per heavy atom. The molecule has 138 valence electrons. The number of hydrogen-bond donors (Lipinski definition) is 1. The van der Waals surface area contributed by atoms with Crippen molar-refractivity contribution in [2.75, 3.05) is 5.32 Å². The van der Waals surface area contributed by atoms with Gasteiger partial charge in [-0.1, -0.05) is 18.2 Å². The van der Waals surface area contributed by atoms with Crippen LogP contribution in [0.4, 0.5) is 19.0 Å². The number of anilines is 1. The van der Waals surface area contributed by atoms with E-state index < -0.39 is 23.2 Å². The lowest BCUT2D eigenvalue weighted by Gasteiger charge is -2.11. The van der Waals surface area contributed by atoms with Gasteiger partial charge in [-0.2, -0.15) is 13.2 Å². The van der Waals surface area contributed by atoms with Crippen LogP contribution < -0.4 is 10.9 Å². The van der Waals surface area contributed by atoms with Gasteiger partial charge < -0.3 is 9.88 Å². The number of carbonyl (C=O) groups is 1. The third-order valence-corrected chi connectivity index (χ3v) is 3.78. The molecular formula is C19H14F3N3O2. The van der Waals surface area contributed by atoms with Crippen molar-refractivity contribution in [3.05, 3.63) is 94.0 Å². The van der Waals surface area contributed by atoms with Gasteiger partial charge in [-0.3, -0.25) is 9.59 Å². The molecule has 0 aliphatic heterocycles. The van der Waals surface area contributed by atoms with Crippen molar-refractivity contribution in [1.29, 1.82) is 0 Å². The predicted octanol–water partition coefficient (Wildman–Crippen LogP) is 3.56. The molecule has 0 saturated heterocycles. The number of amides is 1. The first-order chi connectivity index (χ1) is 12.8.